The molecule has 8 heteroatoms. The minimum Gasteiger partial charge on any atom is -0.490 e. The van der Waals surface area contributed by atoms with Crippen LogP contribution in [0.2, 0.25) is 0 Å². The smallest absolute Gasteiger partial charge is 0.337 e. The molecule has 0 saturated carbocycles. The van der Waals surface area contributed by atoms with Crippen LogP contribution in [0.15, 0.2) is 30.5 Å². The first-order valence-electron chi connectivity index (χ1n) is 13.6. The fourth-order valence-corrected chi connectivity index (χ4v) is 5.81. The third-order valence-electron chi connectivity index (χ3n) is 7.60. The van der Waals surface area contributed by atoms with Gasteiger partial charge in [0.25, 0.3) is 5.91 Å². The first-order valence-corrected chi connectivity index (χ1v) is 13.6. The molecule has 1 atom stereocenters. The Hall–Kier alpha value is -3.78. The maximum atomic E-state index is 15.5. The van der Waals surface area contributed by atoms with Crippen molar-refractivity contribution < 1.29 is 28.6 Å². The predicted molar refractivity (Wildman–Crippen MR) is 151 cm³/mol. The first kappa shape index (κ1) is 27.8. The molecule has 1 amide bonds. The van der Waals surface area contributed by atoms with Crippen LogP contribution >= 0.6 is 0 Å². The van der Waals surface area contributed by atoms with E-state index < -0.39 is 23.5 Å². The van der Waals surface area contributed by atoms with Crippen LogP contribution in [0.3, 0.4) is 0 Å². The quantitative estimate of drug-likeness (QED) is 0.405. The van der Waals surface area contributed by atoms with Gasteiger partial charge in [0.05, 0.1) is 17.8 Å². The number of pyridine rings is 1. The molecular weight excluding hydrogens is 511 g/mol. The van der Waals surface area contributed by atoms with Crippen LogP contribution in [0.4, 0.5) is 10.1 Å². The van der Waals surface area contributed by atoms with Crippen LogP contribution in [0, 0.1) is 26.6 Å². The van der Waals surface area contributed by atoms with E-state index in [-0.39, 0.29) is 11.7 Å². The molecule has 2 aromatic carbocycles. The number of carbonyl (C=O) groups excluding carboxylic acids is 1. The molecule has 0 spiro atoms. The summed E-state index contributed by atoms with van der Waals surface area (Å²) >= 11 is 0. The summed E-state index contributed by atoms with van der Waals surface area (Å²) in [6, 6.07) is 6.86. The van der Waals surface area contributed by atoms with Gasteiger partial charge < -0.3 is 19.5 Å². The van der Waals surface area contributed by atoms with Gasteiger partial charge in [-0.25, -0.2) is 9.18 Å². The molecule has 1 N–H and O–H groups in total. The summed E-state index contributed by atoms with van der Waals surface area (Å²) in [6.07, 6.45) is 2.20. The van der Waals surface area contributed by atoms with Crippen molar-refractivity contribution in [1.82, 2.24) is 4.98 Å². The number of aromatic nitrogens is 1. The number of carbonyl (C=O) groups is 2. The molecule has 40 heavy (non-hydrogen) atoms. The summed E-state index contributed by atoms with van der Waals surface area (Å²) in [5.41, 5.74) is 6.01. The van der Waals surface area contributed by atoms with Crippen molar-refractivity contribution in [1.29, 1.82) is 0 Å². The number of carboxylic acids is 1. The highest BCUT2D eigenvalue weighted by molar-refractivity contribution is 6.08. The van der Waals surface area contributed by atoms with Gasteiger partial charge in [-0.1, -0.05) is 0 Å². The highest BCUT2D eigenvalue weighted by Gasteiger charge is 2.37. The van der Waals surface area contributed by atoms with Crippen molar-refractivity contribution >= 4 is 17.6 Å². The number of nitrogens with zero attached hydrogens (tertiary/aromatic N) is 2. The van der Waals surface area contributed by atoms with E-state index in [0.717, 1.165) is 28.8 Å². The van der Waals surface area contributed by atoms with Crippen molar-refractivity contribution in [3.63, 3.8) is 0 Å². The lowest BCUT2D eigenvalue weighted by atomic mass is 9.83. The molecule has 3 aromatic rings. The van der Waals surface area contributed by atoms with E-state index in [1.54, 1.807) is 23.2 Å². The zero-order valence-corrected chi connectivity index (χ0v) is 23.9. The first-order chi connectivity index (χ1) is 18.9. The average Bonchev–Trinajstić information content (AvgIpc) is 3.31. The van der Waals surface area contributed by atoms with Gasteiger partial charge in [0.1, 0.15) is 0 Å². The summed E-state index contributed by atoms with van der Waals surface area (Å²) in [6.45, 7) is 11.9. The molecule has 0 bridgehead atoms. The maximum absolute atomic E-state index is 15.5. The summed E-state index contributed by atoms with van der Waals surface area (Å²) in [4.78, 5) is 32.3. The normalized spacial score (nSPS) is 15.3. The highest BCUT2D eigenvalue weighted by Crippen LogP contribution is 2.47. The Morgan fingerprint density at radius 2 is 1.88 bits per heavy atom. The number of fused-ring (bicyclic) bond motifs is 2. The van der Waals surface area contributed by atoms with E-state index >= 15 is 4.39 Å². The summed E-state index contributed by atoms with van der Waals surface area (Å²) in [5.74, 6) is -1.53. The SMILES string of the molecule is Cc1ccc(C(=O)N2CCc3c2cc(C)c(C(OC(C)(C)C)C(=O)O)c3-c2cc(F)c3c(c2C)CCCO3)cn1. The van der Waals surface area contributed by atoms with Gasteiger partial charge in [-0.15, -0.1) is 0 Å². The minimum absolute atomic E-state index is 0.188. The number of halogens is 1. The van der Waals surface area contributed by atoms with Gasteiger partial charge in [0, 0.05) is 35.2 Å². The molecule has 1 aromatic heterocycles. The molecule has 1 unspecified atom stereocenters. The van der Waals surface area contributed by atoms with Gasteiger partial charge in [0.15, 0.2) is 17.7 Å². The van der Waals surface area contributed by atoms with E-state index in [9.17, 15) is 14.7 Å². The van der Waals surface area contributed by atoms with Gasteiger partial charge in [0.2, 0.25) is 0 Å². The minimum atomic E-state index is -1.29. The molecule has 210 valence electrons. The standard InChI is InChI=1S/C32H35FN2O5/c1-17-14-25-22(11-12-35(25)30(36)20-10-9-18(2)34-16-20)27(26(17)29(31(37)38)40-32(4,5)6)23-15-24(33)28-21(19(23)3)8-7-13-39-28/h9-10,14-16,29H,7-8,11-13H2,1-6H3,(H,37,38). The second-order valence-electron chi connectivity index (χ2n) is 11.6. The molecular formula is C32H35FN2O5. The summed E-state index contributed by atoms with van der Waals surface area (Å²) < 4.78 is 27.3. The second-order valence-corrected chi connectivity index (χ2v) is 11.6. The molecule has 5 rings (SSSR count). The molecule has 0 aliphatic carbocycles. The largest absolute Gasteiger partial charge is 0.490 e. The van der Waals surface area contributed by atoms with Crippen molar-refractivity contribution in [3.8, 4) is 16.9 Å². The predicted octanol–water partition coefficient (Wildman–Crippen LogP) is 6.28. The number of carboxylic acid groups (broad SMARTS) is 1. The number of benzene rings is 2. The Balaban J connectivity index is 1.77. The maximum Gasteiger partial charge on any atom is 0.337 e. The van der Waals surface area contributed by atoms with Crippen molar-refractivity contribution in [3.05, 3.63) is 75.4 Å². The number of amides is 1. The van der Waals surface area contributed by atoms with Crippen LogP contribution in [-0.2, 0) is 22.4 Å². The van der Waals surface area contributed by atoms with Crippen LogP contribution in [0.25, 0.3) is 11.1 Å². The Morgan fingerprint density at radius 3 is 2.52 bits per heavy atom. The average molecular weight is 547 g/mol. The zero-order valence-electron chi connectivity index (χ0n) is 23.9. The number of anilines is 1. The molecule has 0 saturated heterocycles. The lowest BCUT2D eigenvalue weighted by Gasteiger charge is -2.30. The Labute approximate surface area is 233 Å². The van der Waals surface area contributed by atoms with E-state index in [1.165, 1.54) is 6.07 Å². The fraction of sp³-hybridized carbons (Fsp3) is 0.406. The van der Waals surface area contributed by atoms with Gasteiger partial charge in [-0.05, 0) is 113 Å². The topological polar surface area (TPSA) is 89.0 Å². The lowest BCUT2D eigenvalue weighted by Crippen LogP contribution is -2.30. The molecule has 2 aliphatic rings. The number of hydrogen-bond donors (Lipinski definition) is 1. The third-order valence-corrected chi connectivity index (χ3v) is 7.60. The number of hydrogen-bond acceptors (Lipinski definition) is 5. The zero-order chi connectivity index (χ0) is 28.9. The second kappa shape index (κ2) is 10.3. The third kappa shape index (κ3) is 4.96. The van der Waals surface area contributed by atoms with E-state index in [1.807, 2.05) is 47.6 Å². The van der Waals surface area contributed by atoms with Gasteiger partial charge >= 0.3 is 5.97 Å². The lowest BCUT2D eigenvalue weighted by molar-refractivity contribution is -0.160. The number of ether oxygens (including phenoxy) is 2. The van der Waals surface area contributed by atoms with Gasteiger partial charge in [-0.3, -0.25) is 9.78 Å². The van der Waals surface area contributed by atoms with Crippen molar-refractivity contribution in [2.24, 2.45) is 0 Å². The highest BCUT2D eigenvalue weighted by atomic mass is 19.1. The monoisotopic (exact) mass is 546 g/mol. The molecule has 2 aliphatic heterocycles. The number of rotatable bonds is 5. The number of aryl methyl sites for hydroxylation is 2. The van der Waals surface area contributed by atoms with E-state index in [2.05, 4.69) is 4.98 Å². The molecule has 0 radical (unpaired) electrons. The Bertz CT molecular complexity index is 1510. The van der Waals surface area contributed by atoms with Crippen molar-refractivity contribution in [2.75, 3.05) is 18.1 Å². The van der Waals surface area contributed by atoms with Crippen LogP contribution in [-0.4, -0.2) is 40.7 Å². The molecule has 7 nitrogen and oxygen atoms in total. The van der Waals surface area contributed by atoms with Gasteiger partial charge in [-0.2, -0.15) is 0 Å². The summed E-state index contributed by atoms with van der Waals surface area (Å²) in [7, 11) is 0. The fourth-order valence-electron chi connectivity index (χ4n) is 5.81. The number of aliphatic carboxylic acids is 1. The summed E-state index contributed by atoms with van der Waals surface area (Å²) in [5, 5.41) is 10.4. The van der Waals surface area contributed by atoms with Crippen LogP contribution in [0.5, 0.6) is 5.75 Å². The Morgan fingerprint density at radius 1 is 1.12 bits per heavy atom. The molecule has 3 heterocycles. The van der Waals surface area contributed by atoms with Crippen LogP contribution < -0.4 is 9.64 Å². The van der Waals surface area contributed by atoms with Crippen LogP contribution in [0.1, 0.15) is 77.2 Å². The van der Waals surface area contributed by atoms with Crippen molar-refractivity contribution in [2.45, 2.75) is 72.5 Å². The Kier molecular flexibility index (Phi) is 7.17. The van der Waals surface area contributed by atoms with E-state index in [4.69, 9.17) is 9.47 Å². The van der Waals surface area contributed by atoms with E-state index in [0.29, 0.717) is 59.5 Å². The molecule has 0 fully saturated rings.